The molecule has 1 aliphatic carbocycles. The predicted octanol–water partition coefficient (Wildman–Crippen LogP) is 3.51. The first-order valence-electron chi connectivity index (χ1n) is 5.63. The summed E-state index contributed by atoms with van der Waals surface area (Å²) in [6.45, 7) is 1.01. The lowest BCUT2D eigenvalue weighted by Crippen LogP contribution is -2.15. The van der Waals surface area contributed by atoms with E-state index in [9.17, 15) is 0 Å². The maximum Gasteiger partial charge on any atom is 0.0214 e. The normalized spacial score (nSPS) is 14.8. The maximum atomic E-state index is 3.57. The van der Waals surface area contributed by atoms with E-state index in [1.165, 1.54) is 29.2 Å². The molecule has 16 heavy (non-hydrogen) atoms. The van der Waals surface area contributed by atoms with Crippen molar-refractivity contribution in [1.29, 1.82) is 0 Å². The molecule has 0 radical (unpaired) electrons. The number of rotatable bonds is 3. The minimum Gasteiger partial charge on any atom is -0.310 e. The van der Waals surface area contributed by atoms with Gasteiger partial charge in [0.05, 0.1) is 0 Å². The molecule has 1 fully saturated rings. The van der Waals surface area contributed by atoms with E-state index in [0.29, 0.717) is 0 Å². The van der Waals surface area contributed by atoms with E-state index >= 15 is 0 Å². The Kier molecular flexibility index (Phi) is 3.47. The molecule has 0 bridgehead atoms. The van der Waals surface area contributed by atoms with Gasteiger partial charge in [-0.2, -0.15) is 0 Å². The second-order valence-electron chi connectivity index (χ2n) is 4.29. The summed E-state index contributed by atoms with van der Waals surface area (Å²) in [6, 6.07) is 15.9. The Hall–Kier alpha value is -1.05. The molecule has 1 saturated carbocycles. The number of halogens is 1. The molecule has 84 valence electrons. The van der Waals surface area contributed by atoms with Gasteiger partial charge >= 0.3 is 0 Å². The third kappa shape index (κ3) is 2.37. The molecule has 1 nitrogen and oxygen atoms in total. The second kappa shape index (κ2) is 4.86. The Morgan fingerprint density at radius 3 is 2.56 bits per heavy atom. The number of benzene rings is 2. The zero-order valence-electron chi connectivity index (χ0n) is 9.15. The third-order valence-electron chi connectivity index (χ3n) is 3.04. The quantitative estimate of drug-likeness (QED) is 0.856. The molecule has 2 aromatic carbocycles. The number of nitrogens with one attached hydrogen (secondary N) is 1. The molecule has 3 rings (SSSR count). The monoisotopic (exact) mass is 233 g/mol. The van der Waals surface area contributed by atoms with Crippen molar-refractivity contribution < 1.29 is 0 Å². The summed E-state index contributed by atoms with van der Waals surface area (Å²) >= 11 is 0. The molecule has 0 saturated heterocycles. The summed E-state index contributed by atoms with van der Waals surface area (Å²) in [7, 11) is 0. The van der Waals surface area contributed by atoms with Crippen molar-refractivity contribution in [3.8, 4) is 0 Å². The molecular formula is C14H16ClN. The fourth-order valence-corrected chi connectivity index (χ4v) is 1.99. The summed E-state index contributed by atoms with van der Waals surface area (Å²) < 4.78 is 0. The minimum atomic E-state index is 0. The maximum absolute atomic E-state index is 3.57. The Balaban J connectivity index is 0.000000963. The van der Waals surface area contributed by atoms with Crippen molar-refractivity contribution in [3.63, 3.8) is 0 Å². The highest BCUT2D eigenvalue weighted by Gasteiger charge is 2.20. The lowest BCUT2D eigenvalue weighted by molar-refractivity contribution is 0.691. The molecular weight excluding hydrogens is 218 g/mol. The van der Waals surface area contributed by atoms with E-state index < -0.39 is 0 Å². The molecule has 2 heteroatoms. The van der Waals surface area contributed by atoms with Crippen molar-refractivity contribution in [2.75, 3.05) is 0 Å². The van der Waals surface area contributed by atoms with E-state index in [1.54, 1.807) is 0 Å². The highest BCUT2D eigenvalue weighted by molar-refractivity contribution is 5.85. The van der Waals surface area contributed by atoms with Gasteiger partial charge in [0.15, 0.2) is 0 Å². The van der Waals surface area contributed by atoms with Crippen molar-refractivity contribution in [2.45, 2.75) is 25.4 Å². The summed E-state index contributed by atoms with van der Waals surface area (Å²) in [5, 5.41) is 6.29. The van der Waals surface area contributed by atoms with Crippen LogP contribution in [0.2, 0.25) is 0 Å². The molecule has 0 aliphatic heterocycles. The van der Waals surface area contributed by atoms with Gasteiger partial charge in [0.25, 0.3) is 0 Å². The van der Waals surface area contributed by atoms with Crippen LogP contribution < -0.4 is 5.32 Å². The highest BCUT2D eigenvalue weighted by Crippen LogP contribution is 2.22. The Morgan fingerprint density at radius 1 is 1.00 bits per heavy atom. The van der Waals surface area contributed by atoms with Gasteiger partial charge in [-0.3, -0.25) is 0 Å². The number of hydrogen-bond acceptors (Lipinski definition) is 1. The van der Waals surface area contributed by atoms with Gasteiger partial charge in [0, 0.05) is 12.6 Å². The minimum absolute atomic E-state index is 0. The van der Waals surface area contributed by atoms with E-state index in [4.69, 9.17) is 0 Å². The highest BCUT2D eigenvalue weighted by atomic mass is 35.5. The van der Waals surface area contributed by atoms with Gasteiger partial charge in [-0.15, -0.1) is 12.4 Å². The van der Waals surface area contributed by atoms with Gasteiger partial charge in [-0.05, 0) is 29.2 Å². The second-order valence-corrected chi connectivity index (χ2v) is 4.29. The van der Waals surface area contributed by atoms with Crippen LogP contribution in [0.4, 0.5) is 0 Å². The van der Waals surface area contributed by atoms with Gasteiger partial charge in [-0.1, -0.05) is 42.5 Å². The largest absolute Gasteiger partial charge is 0.310 e. The smallest absolute Gasteiger partial charge is 0.0214 e. The van der Waals surface area contributed by atoms with Crippen LogP contribution in [0.25, 0.3) is 10.8 Å². The van der Waals surface area contributed by atoms with Gasteiger partial charge in [0.1, 0.15) is 0 Å². The van der Waals surface area contributed by atoms with Gasteiger partial charge in [0.2, 0.25) is 0 Å². The predicted molar refractivity (Wildman–Crippen MR) is 71.1 cm³/mol. The van der Waals surface area contributed by atoms with Crippen LogP contribution in [0.5, 0.6) is 0 Å². The van der Waals surface area contributed by atoms with Crippen LogP contribution in [0.15, 0.2) is 42.5 Å². The summed E-state index contributed by atoms with van der Waals surface area (Å²) in [4.78, 5) is 0. The number of hydrogen-bond donors (Lipinski definition) is 1. The van der Waals surface area contributed by atoms with Crippen molar-refractivity contribution >= 4 is 23.2 Å². The molecule has 0 heterocycles. The van der Waals surface area contributed by atoms with Crippen molar-refractivity contribution in [3.05, 3.63) is 48.0 Å². The summed E-state index contributed by atoms with van der Waals surface area (Å²) in [6.07, 6.45) is 2.70. The van der Waals surface area contributed by atoms with Crippen molar-refractivity contribution in [2.24, 2.45) is 0 Å². The molecule has 0 unspecified atom stereocenters. The SMILES string of the molecule is Cl.c1ccc2c(CNC3CC3)cccc2c1. The van der Waals surface area contributed by atoms with E-state index in [1.807, 2.05) is 0 Å². The first-order valence-corrected chi connectivity index (χ1v) is 5.63. The average molecular weight is 234 g/mol. The number of fused-ring (bicyclic) bond motifs is 1. The van der Waals surface area contributed by atoms with E-state index in [0.717, 1.165) is 12.6 Å². The topological polar surface area (TPSA) is 12.0 Å². The molecule has 1 aliphatic rings. The Bertz CT molecular complexity index is 472. The van der Waals surface area contributed by atoms with Crippen molar-refractivity contribution in [1.82, 2.24) is 5.32 Å². The average Bonchev–Trinajstić information content (AvgIpc) is 3.10. The van der Waals surface area contributed by atoms with Crippen LogP contribution in [0.1, 0.15) is 18.4 Å². The standard InChI is InChI=1S/C14H15N.ClH/c1-2-7-14-11(4-1)5-3-6-12(14)10-15-13-8-9-13;/h1-7,13,15H,8-10H2;1H. The fraction of sp³-hybridized carbons (Fsp3) is 0.286. The van der Waals surface area contributed by atoms with Crippen LogP contribution in [0, 0.1) is 0 Å². The van der Waals surface area contributed by atoms with E-state index in [2.05, 4.69) is 47.8 Å². The van der Waals surface area contributed by atoms with Gasteiger partial charge < -0.3 is 5.32 Å². The molecule has 0 atom stereocenters. The zero-order valence-corrected chi connectivity index (χ0v) is 9.96. The van der Waals surface area contributed by atoms with Crippen LogP contribution in [-0.4, -0.2) is 6.04 Å². The summed E-state index contributed by atoms with van der Waals surface area (Å²) in [5.41, 5.74) is 1.42. The lowest BCUT2D eigenvalue weighted by atomic mass is 10.0. The van der Waals surface area contributed by atoms with E-state index in [-0.39, 0.29) is 12.4 Å². The third-order valence-corrected chi connectivity index (χ3v) is 3.04. The van der Waals surface area contributed by atoms with Crippen LogP contribution >= 0.6 is 12.4 Å². The molecule has 0 spiro atoms. The van der Waals surface area contributed by atoms with Crippen LogP contribution in [0.3, 0.4) is 0 Å². The molecule has 0 aromatic heterocycles. The van der Waals surface area contributed by atoms with Gasteiger partial charge in [-0.25, -0.2) is 0 Å². The molecule has 1 N–H and O–H groups in total. The fourth-order valence-electron chi connectivity index (χ4n) is 1.99. The Morgan fingerprint density at radius 2 is 1.75 bits per heavy atom. The first-order chi connectivity index (χ1) is 7.43. The zero-order chi connectivity index (χ0) is 10.1. The van der Waals surface area contributed by atoms with Crippen LogP contribution in [-0.2, 0) is 6.54 Å². The molecule has 2 aromatic rings. The Labute approximate surface area is 102 Å². The molecule has 0 amide bonds. The lowest BCUT2D eigenvalue weighted by Gasteiger charge is -2.07. The first kappa shape index (κ1) is 11.4. The summed E-state index contributed by atoms with van der Waals surface area (Å²) in [5.74, 6) is 0.